The number of rotatable bonds is 3. The second-order valence-electron chi connectivity index (χ2n) is 4.16. The summed E-state index contributed by atoms with van der Waals surface area (Å²) in [5.74, 6) is 0.132. The van der Waals surface area contributed by atoms with Crippen molar-refractivity contribution in [3.05, 3.63) is 29.8 Å². The van der Waals surface area contributed by atoms with Gasteiger partial charge in [0.2, 0.25) is 0 Å². The van der Waals surface area contributed by atoms with Crippen LogP contribution in [0.25, 0.3) is 0 Å². The fourth-order valence-electron chi connectivity index (χ4n) is 1.86. The van der Waals surface area contributed by atoms with E-state index in [0.717, 1.165) is 5.56 Å². The van der Waals surface area contributed by atoms with Gasteiger partial charge >= 0.3 is 0 Å². The van der Waals surface area contributed by atoms with Crippen LogP contribution in [-0.4, -0.2) is 18.9 Å². The van der Waals surface area contributed by atoms with E-state index in [1.54, 1.807) is 0 Å². The van der Waals surface area contributed by atoms with Crippen LogP contribution in [0.4, 0.5) is 5.69 Å². The molecular formula is C12H17N3. The number of nitrogen functional groups attached to an aromatic ring is 1. The third-order valence-electron chi connectivity index (χ3n) is 3.21. The van der Waals surface area contributed by atoms with Crippen molar-refractivity contribution in [2.24, 2.45) is 5.73 Å². The first-order chi connectivity index (χ1) is 7.18. The first kappa shape index (κ1) is 10.0. The molecule has 0 atom stereocenters. The second kappa shape index (κ2) is 3.93. The Kier molecular flexibility index (Phi) is 2.62. The number of hydrogen-bond acceptors (Lipinski definition) is 2. The van der Waals surface area contributed by atoms with Gasteiger partial charge in [0.1, 0.15) is 5.84 Å². The van der Waals surface area contributed by atoms with E-state index in [4.69, 9.17) is 11.1 Å². The standard InChI is InChI=1S/C12H17N3/c1-15(10-3-2-4-10)11-7-5-9(6-8-11)12(13)14/h5-8,10H,2-4H2,1H3,(H3,13,14). The van der Waals surface area contributed by atoms with Gasteiger partial charge in [-0.15, -0.1) is 0 Å². The molecule has 1 aliphatic rings. The molecule has 0 spiro atoms. The fourth-order valence-corrected chi connectivity index (χ4v) is 1.86. The average molecular weight is 203 g/mol. The molecule has 2 rings (SSSR count). The highest BCUT2D eigenvalue weighted by Crippen LogP contribution is 2.28. The van der Waals surface area contributed by atoms with Gasteiger partial charge in [-0.05, 0) is 43.5 Å². The lowest BCUT2D eigenvalue weighted by molar-refractivity contribution is 0.401. The van der Waals surface area contributed by atoms with Crippen LogP contribution in [0.2, 0.25) is 0 Å². The van der Waals surface area contributed by atoms with Crippen LogP contribution < -0.4 is 10.6 Å². The molecule has 1 saturated carbocycles. The average Bonchev–Trinajstić information content (AvgIpc) is 2.15. The molecule has 0 amide bonds. The zero-order valence-electron chi connectivity index (χ0n) is 9.03. The van der Waals surface area contributed by atoms with Crippen LogP contribution in [0.1, 0.15) is 24.8 Å². The van der Waals surface area contributed by atoms with E-state index in [0.29, 0.717) is 6.04 Å². The monoisotopic (exact) mass is 203 g/mol. The van der Waals surface area contributed by atoms with E-state index in [9.17, 15) is 0 Å². The summed E-state index contributed by atoms with van der Waals surface area (Å²) < 4.78 is 0. The van der Waals surface area contributed by atoms with Crippen molar-refractivity contribution >= 4 is 11.5 Å². The van der Waals surface area contributed by atoms with Gasteiger partial charge in [-0.1, -0.05) is 0 Å². The Labute approximate surface area is 90.4 Å². The first-order valence-electron chi connectivity index (χ1n) is 5.36. The molecule has 0 saturated heterocycles. The SMILES string of the molecule is CN(c1ccc(C(=N)N)cc1)C1CCC1. The van der Waals surface area contributed by atoms with E-state index in [2.05, 4.69) is 11.9 Å². The molecule has 3 heteroatoms. The smallest absolute Gasteiger partial charge is 0.122 e. The van der Waals surface area contributed by atoms with Gasteiger partial charge in [-0.3, -0.25) is 5.41 Å². The molecule has 1 aromatic carbocycles. The van der Waals surface area contributed by atoms with Gasteiger partial charge in [-0.25, -0.2) is 0 Å². The molecule has 3 N–H and O–H groups in total. The number of hydrogen-bond donors (Lipinski definition) is 2. The second-order valence-corrected chi connectivity index (χ2v) is 4.16. The molecule has 0 aromatic heterocycles. The minimum atomic E-state index is 0.132. The van der Waals surface area contributed by atoms with E-state index in [-0.39, 0.29) is 5.84 Å². The van der Waals surface area contributed by atoms with E-state index in [1.807, 2.05) is 24.3 Å². The maximum atomic E-state index is 7.31. The summed E-state index contributed by atoms with van der Waals surface area (Å²) in [4.78, 5) is 2.31. The summed E-state index contributed by atoms with van der Waals surface area (Å²) in [6.45, 7) is 0. The molecule has 0 aliphatic heterocycles. The van der Waals surface area contributed by atoms with E-state index >= 15 is 0 Å². The van der Waals surface area contributed by atoms with Gasteiger partial charge in [0, 0.05) is 24.3 Å². The number of amidine groups is 1. The van der Waals surface area contributed by atoms with Crippen molar-refractivity contribution in [2.75, 3.05) is 11.9 Å². The number of benzene rings is 1. The van der Waals surface area contributed by atoms with Gasteiger partial charge in [0.15, 0.2) is 0 Å². The highest BCUT2D eigenvalue weighted by molar-refractivity contribution is 5.95. The Bertz CT molecular complexity index is 352. The predicted octanol–water partition coefficient (Wildman–Crippen LogP) is 1.96. The minimum absolute atomic E-state index is 0.132. The molecule has 1 aromatic rings. The lowest BCUT2D eigenvalue weighted by atomic mass is 9.91. The largest absolute Gasteiger partial charge is 0.384 e. The third kappa shape index (κ3) is 1.96. The molecule has 1 fully saturated rings. The molecule has 0 radical (unpaired) electrons. The molecule has 0 heterocycles. The summed E-state index contributed by atoms with van der Waals surface area (Å²) >= 11 is 0. The molecule has 0 bridgehead atoms. The Morgan fingerprint density at radius 2 is 1.93 bits per heavy atom. The van der Waals surface area contributed by atoms with Crippen LogP contribution in [-0.2, 0) is 0 Å². The first-order valence-corrected chi connectivity index (χ1v) is 5.36. The number of nitrogens with two attached hydrogens (primary N) is 1. The zero-order valence-corrected chi connectivity index (χ0v) is 9.03. The van der Waals surface area contributed by atoms with E-state index < -0.39 is 0 Å². The Hall–Kier alpha value is -1.51. The van der Waals surface area contributed by atoms with Crippen molar-refractivity contribution in [1.29, 1.82) is 5.41 Å². The quantitative estimate of drug-likeness (QED) is 0.583. The molecule has 3 nitrogen and oxygen atoms in total. The zero-order chi connectivity index (χ0) is 10.8. The van der Waals surface area contributed by atoms with Crippen molar-refractivity contribution in [3.63, 3.8) is 0 Å². The highest BCUT2D eigenvalue weighted by Gasteiger charge is 2.21. The third-order valence-corrected chi connectivity index (χ3v) is 3.21. The summed E-state index contributed by atoms with van der Waals surface area (Å²) in [5.41, 5.74) is 7.41. The summed E-state index contributed by atoms with van der Waals surface area (Å²) in [6.07, 6.45) is 3.94. The summed E-state index contributed by atoms with van der Waals surface area (Å²) in [7, 11) is 2.13. The number of anilines is 1. The van der Waals surface area contributed by atoms with Gasteiger partial charge in [-0.2, -0.15) is 0 Å². The maximum absolute atomic E-state index is 7.31. The molecule has 0 unspecified atom stereocenters. The van der Waals surface area contributed by atoms with Crippen molar-refractivity contribution < 1.29 is 0 Å². The van der Waals surface area contributed by atoms with Gasteiger partial charge < -0.3 is 10.6 Å². The minimum Gasteiger partial charge on any atom is -0.384 e. The van der Waals surface area contributed by atoms with Gasteiger partial charge in [0.05, 0.1) is 0 Å². The summed E-state index contributed by atoms with van der Waals surface area (Å²) in [6, 6.07) is 8.59. The van der Waals surface area contributed by atoms with Crippen LogP contribution in [0.3, 0.4) is 0 Å². The fraction of sp³-hybridized carbons (Fsp3) is 0.417. The van der Waals surface area contributed by atoms with Crippen LogP contribution in [0.5, 0.6) is 0 Å². The lowest BCUT2D eigenvalue weighted by Gasteiger charge is -2.36. The van der Waals surface area contributed by atoms with Crippen molar-refractivity contribution in [3.8, 4) is 0 Å². The van der Waals surface area contributed by atoms with Crippen molar-refractivity contribution in [2.45, 2.75) is 25.3 Å². The van der Waals surface area contributed by atoms with Crippen LogP contribution in [0, 0.1) is 5.41 Å². The molecule has 15 heavy (non-hydrogen) atoms. The summed E-state index contributed by atoms with van der Waals surface area (Å²) in [5, 5.41) is 7.31. The molecular weight excluding hydrogens is 186 g/mol. The molecule has 80 valence electrons. The maximum Gasteiger partial charge on any atom is 0.122 e. The number of nitrogens with one attached hydrogen (secondary N) is 1. The Balaban J connectivity index is 2.11. The lowest BCUT2D eigenvalue weighted by Crippen LogP contribution is -2.37. The van der Waals surface area contributed by atoms with Gasteiger partial charge in [0.25, 0.3) is 0 Å². The van der Waals surface area contributed by atoms with Crippen molar-refractivity contribution in [1.82, 2.24) is 0 Å². The highest BCUT2D eigenvalue weighted by atomic mass is 15.1. The van der Waals surface area contributed by atoms with E-state index in [1.165, 1.54) is 24.9 Å². The van der Waals surface area contributed by atoms with Crippen LogP contribution in [0.15, 0.2) is 24.3 Å². The molecule has 1 aliphatic carbocycles. The Morgan fingerprint density at radius 1 is 1.33 bits per heavy atom. The Morgan fingerprint density at radius 3 is 2.33 bits per heavy atom. The topological polar surface area (TPSA) is 53.1 Å². The number of nitrogens with zero attached hydrogens (tertiary/aromatic N) is 1. The predicted molar refractivity (Wildman–Crippen MR) is 63.5 cm³/mol. The normalized spacial score (nSPS) is 15.8. The van der Waals surface area contributed by atoms with Crippen LogP contribution >= 0.6 is 0 Å².